The number of amides is 3. The number of ether oxygens (including phenoxy) is 1. The number of para-hydroxylation sites is 1. The number of imide groups is 1. The van der Waals surface area contributed by atoms with Crippen LogP contribution in [0, 0.1) is 0 Å². The molecule has 2 N–H and O–H groups in total. The van der Waals surface area contributed by atoms with Gasteiger partial charge in [0.1, 0.15) is 5.75 Å². The summed E-state index contributed by atoms with van der Waals surface area (Å²) < 4.78 is 28.2. The fraction of sp³-hybridized carbons (Fsp3) is 0.0667. The molecule has 0 bridgehead atoms. The summed E-state index contributed by atoms with van der Waals surface area (Å²) in [5.74, 6) is -0.725. The van der Waals surface area contributed by atoms with Gasteiger partial charge in [-0.3, -0.25) is 10.1 Å². The molecular formula is C15H12F2N2O3. The van der Waals surface area contributed by atoms with E-state index in [-0.39, 0.29) is 11.3 Å². The highest BCUT2D eigenvalue weighted by atomic mass is 19.3. The molecule has 0 fully saturated rings. The summed E-state index contributed by atoms with van der Waals surface area (Å²) in [6, 6.07) is 12.9. The first-order valence-corrected chi connectivity index (χ1v) is 6.27. The highest BCUT2D eigenvalue weighted by molar-refractivity contribution is 6.07. The summed E-state index contributed by atoms with van der Waals surface area (Å²) in [5, 5.41) is 4.61. The second-order valence-electron chi connectivity index (χ2n) is 4.18. The third-order valence-electron chi connectivity index (χ3n) is 2.60. The minimum atomic E-state index is -2.93. The Morgan fingerprint density at radius 2 is 1.59 bits per heavy atom. The van der Waals surface area contributed by atoms with Gasteiger partial charge in [0, 0.05) is 11.3 Å². The Hall–Kier alpha value is -2.96. The third-order valence-corrected chi connectivity index (χ3v) is 2.60. The van der Waals surface area contributed by atoms with Crippen LogP contribution in [0.15, 0.2) is 54.6 Å². The minimum Gasteiger partial charge on any atom is -0.435 e. The lowest BCUT2D eigenvalue weighted by atomic mass is 10.2. The van der Waals surface area contributed by atoms with Crippen molar-refractivity contribution < 1.29 is 23.1 Å². The smallest absolute Gasteiger partial charge is 0.387 e. The molecule has 0 aliphatic rings. The van der Waals surface area contributed by atoms with Crippen molar-refractivity contribution in [2.24, 2.45) is 0 Å². The van der Waals surface area contributed by atoms with Crippen LogP contribution < -0.4 is 15.4 Å². The molecule has 0 aromatic heterocycles. The van der Waals surface area contributed by atoms with E-state index in [1.165, 1.54) is 24.3 Å². The summed E-state index contributed by atoms with van der Waals surface area (Å²) in [4.78, 5) is 23.5. The van der Waals surface area contributed by atoms with Crippen LogP contribution >= 0.6 is 0 Å². The molecule has 0 aliphatic carbocycles. The van der Waals surface area contributed by atoms with E-state index in [0.29, 0.717) is 5.69 Å². The first-order chi connectivity index (χ1) is 10.5. The predicted octanol–water partition coefficient (Wildman–Crippen LogP) is 3.25. The summed E-state index contributed by atoms with van der Waals surface area (Å²) in [5.41, 5.74) is 0.679. The largest absolute Gasteiger partial charge is 0.435 e. The number of carbonyl (C=O) groups is 2. The van der Waals surface area contributed by atoms with Crippen LogP contribution in [-0.2, 0) is 0 Å². The van der Waals surface area contributed by atoms with Gasteiger partial charge in [-0.1, -0.05) is 18.2 Å². The van der Waals surface area contributed by atoms with E-state index in [4.69, 9.17) is 0 Å². The molecule has 0 aliphatic heterocycles. The molecule has 114 valence electrons. The molecule has 22 heavy (non-hydrogen) atoms. The van der Waals surface area contributed by atoms with Gasteiger partial charge in [-0.2, -0.15) is 8.78 Å². The summed E-state index contributed by atoms with van der Waals surface area (Å²) in [6.45, 7) is -2.93. The summed E-state index contributed by atoms with van der Waals surface area (Å²) >= 11 is 0. The highest BCUT2D eigenvalue weighted by Gasteiger charge is 2.11. The number of rotatable bonds is 4. The zero-order chi connectivity index (χ0) is 15.9. The van der Waals surface area contributed by atoms with Crippen molar-refractivity contribution in [3.63, 3.8) is 0 Å². The average molecular weight is 306 g/mol. The minimum absolute atomic E-state index is 0.0692. The Morgan fingerprint density at radius 1 is 0.955 bits per heavy atom. The van der Waals surface area contributed by atoms with E-state index in [0.717, 1.165) is 0 Å². The van der Waals surface area contributed by atoms with Gasteiger partial charge in [0.25, 0.3) is 5.91 Å². The predicted molar refractivity (Wildman–Crippen MR) is 76.0 cm³/mol. The van der Waals surface area contributed by atoms with Crippen LogP contribution in [0.5, 0.6) is 5.75 Å². The van der Waals surface area contributed by atoms with E-state index in [1.807, 2.05) is 0 Å². The molecule has 0 spiro atoms. The van der Waals surface area contributed by atoms with E-state index in [2.05, 4.69) is 15.4 Å². The standard InChI is InChI=1S/C15H12F2N2O3/c16-14(17)22-12-8-6-10(7-9-12)13(20)19-15(21)18-11-4-2-1-3-5-11/h1-9,14H,(H2,18,19,20,21). The van der Waals surface area contributed by atoms with E-state index in [1.54, 1.807) is 30.3 Å². The van der Waals surface area contributed by atoms with Crippen LogP contribution in [0.1, 0.15) is 10.4 Å². The zero-order valence-corrected chi connectivity index (χ0v) is 11.3. The fourth-order valence-corrected chi connectivity index (χ4v) is 1.65. The first-order valence-electron chi connectivity index (χ1n) is 6.27. The van der Waals surface area contributed by atoms with Gasteiger partial charge in [-0.25, -0.2) is 4.79 Å². The van der Waals surface area contributed by atoms with Gasteiger partial charge in [-0.15, -0.1) is 0 Å². The lowest BCUT2D eigenvalue weighted by Crippen LogP contribution is -2.34. The monoisotopic (exact) mass is 306 g/mol. The number of alkyl halides is 2. The Bertz CT molecular complexity index is 646. The Labute approximate surface area is 124 Å². The summed E-state index contributed by atoms with van der Waals surface area (Å²) in [7, 11) is 0. The third kappa shape index (κ3) is 4.55. The molecule has 2 aromatic rings. The lowest BCUT2D eigenvalue weighted by molar-refractivity contribution is -0.0498. The second-order valence-corrected chi connectivity index (χ2v) is 4.18. The molecule has 2 rings (SSSR count). The van der Waals surface area contributed by atoms with Gasteiger partial charge >= 0.3 is 12.6 Å². The Kier molecular flexibility index (Phi) is 5.02. The zero-order valence-electron chi connectivity index (χ0n) is 11.3. The van der Waals surface area contributed by atoms with Crippen molar-refractivity contribution in [3.8, 4) is 5.75 Å². The first kappa shape index (κ1) is 15.4. The normalized spacial score (nSPS) is 10.1. The maximum atomic E-state index is 12.0. The SMILES string of the molecule is O=C(NC(=O)c1ccc(OC(F)F)cc1)Nc1ccccc1. The average Bonchev–Trinajstić information content (AvgIpc) is 2.48. The highest BCUT2D eigenvalue weighted by Crippen LogP contribution is 2.14. The number of benzene rings is 2. The molecule has 0 radical (unpaired) electrons. The number of carbonyl (C=O) groups excluding carboxylic acids is 2. The van der Waals surface area contributed by atoms with Crippen molar-refractivity contribution >= 4 is 17.6 Å². The van der Waals surface area contributed by atoms with Gasteiger partial charge in [-0.05, 0) is 36.4 Å². The fourth-order valence-electron chi connectivity index (χ4n) is 1.65. The molecular weight excluding hydrogens is 294 g/mol. The Balaban J connectivity index is 1.92. The molecule has 7 heteroatoms. The van der Waals surface area contributed by atoms with E-state index >= 15 is 0 Å². The van der Waals surface area contributed by atoms with Crippen molar-refractivity contribution in [2.45, 2.75) is 6.61 Å². The topological polar surface area (TPSA) is 67.4 Å². The molecule has 5 nitrogen and oxygen atoms in total. The maximum Gasteiger partial charge on any atom is 0.387 e. The van der Waals surface area contributed by atoms with Crippen molar-refractivity contribution in [3.05, 3.63) is 60.2 Å². The number of hydrogen-bond acceptors (Lipinski definition) is 3. The van der Waals surface area contributed by atoms with Crippen molar-refractivity contribution in [1.82, 2.24) is 5.32 Å². The van der Waals surface area contributed by atoms with Crippen LogP contribution in [-0.4, -0.2) is 18.5 Å². The molecule has 3 amide bonds. The quantitative estimate of drug-likeness (QED) is 0.911. The molecule has 0 heterocycles. The number of halogens is 2. The van der Waals surface area contributed by atoms with E-state index in [9.17, 15) is 18.4 Å². The number of anilines is 1. The molecule has 2 aromatic carbocycles. The summed E-state index contributed by atoms with van der Waals surface area (Å²) in [6.07, 6.45) is 0. The van der Waals surface area contributed by atoms with E-state index < -0.39 is 18.5 Å². The van der Waals surface area contributed by atoms with Gasteiger partial charge in [0.2, 0.25) is 0 Å². The van der Waals surface area contributed by atoms with Crippen LogP contribution in [0.25, 0.3) is 0 Å². The molecule has 0 saturated heterocycles. The Morgan fingerprint density at radius 3 is 2.18 bits per heavy atom. The van der Waals surface area contributed by atoms with Gasteiger partial charge in [0.05, 0.1) is 0 Å². The van der Waals surface area contributed by atoms with Gasteiger partial charge in [0.15, 0.2) is 0 Å². The molecule has 0 unspecified atom stereocenters. The molecule has 0 atom stereocenters. The van der Waals surface area contributed by atoms with Crippen LogP contribution in [0.2, 0.25) is 0 Å². The molecule has 0 saturated carbocycles. The van der Waals surface area contributed by atoms with Crippen LogP contribution in [0.3, 0.4) is 0 Å². The lowest BCUT2D eigenvalue weighted by Gasteiger charge is -2.07. The van der Waals surface area contributed by atoms with Crippen LogP contribution in [0.4, 0.5) is 19.3 Å². The number of urea groups is 1. The maximum absolute atomic E-state index is 12.0. The van der Waals surface area contributed by atoms with Gasteiger partial charge < -0.3 is 10.1 Å². The number of nitrogens with one attached hydrogen (secondary N) is 2. The van der Waals surface area contributed by atoms with Crippen molar-refractivity contribution in [1.29, 1.82) is 0 Å². The van der Waals surface area contributed by atoms with Crippen molar-refractivity contribution in [2.75, 3.05) is 5.32 Å². The number of hydrogen-bond donors (Lipinski definition) is 2. The second kappa shape index (κ2) is 7.16.